The lowest BCUT2D eigenvalue weighted by atomic mass is 9.98. The summed E-state index contributed by atoms with van der Waals surface area (Å²) in [6, 6.07) is 3.69. The van der Waals surface area contributed by atoms with Crippen molar-refractivity contribution in [3.63, 3.8) is 0 Å². The standard InChI is InChI=1S/C14H16F3NO/c1-13(2,19)7-9-8-18(3)12-6-10(14(15,16)17)4-5-11(9)12/h4-6,8,19H,7H2,1-3H3. The number of aliphatic hydroxyl groups is 1. The summed E-state index contributed by atoms with van der Waals surface area (Å²) in [5, 5.41) is 10.6. The Kier molecular flexibility index (Phi) is 3.13. The monoisotopic (exact) mass is 271 g/mol. The molecule has 0 atom stereocenters. The van der Waals surface area contributed by atoms with Crippen LogP contribution in [-0.2, 0) is 19.6 Å². The first-order valence-electron chi connectivity index (χ1n) is 5.95. The maximum absolute atomic E-state index is 12.7. The number of alkyl halides is 3. The summed E-state index contributed by atoms with van der Waals surface area (Å²) in [5.74, 6) is 0. The Morgan fingerprint density at radius 2 is 1.84 bits per heavy atom. The van der Waals surface area contributed by atoms with Gasteiger partial charge in [0.15, 0.2) is 0 Å². The fourth-order valence-electron chi connectivity index (χ4n) is 2.25. The Bertz CT molecular complexity index is 605. The lowest BCUT2D eigenvalue weighted by molar-refractivity contribution is -0.137. The zero-order chi connectivity index (χ0) is 14.4. The number of rotatable bonds is 2. The number of benzene rings is 1. The number of hydrogen-bond donors (Lipinski definition) is 1. The van der Waals surface area contributed by atoms with E-state index in [4.69, 9.17) is 0 Å². The van der Waals surface area contributed by atoms with Crippen molar-refractivity contribution in [2.24, 2.45) is 7.05 Å². The summed E-state index contributed by atoms with van der Waals surface area (Å²) in [6.07, 6.45) is -2.17. The molecule has 19 heavy (non-hydrogen) atoms. The van der Waals surface area contributed by atoms with Gasteiger partial charge in [-0.25, -0.2) is 0 Å². The highest BCUT2D eigenvalue weighted by Gasteiger charge is 2.31. The van der Waals surface area contributed by atoms with Crippen LogP contribution in [0.4, 0.5) is 13.2 Å². The highest BCUT2D eigenvalue weighted by atomic mass is 19.4. The number of aryl methyl sites for hydroxylation is 1. The number of nitrogens with zero attached hydrogens (tertiary/aromatic N) is 1. The fraction of sp³-hybridized carbons (Fsp3) is 0.429. The second-order valence-corrected chi connectivity index (χ2v) is 5.48. The molecule has 5 heteroatoms. The second-order valence-electron chi connectivity index (χ2n) is 5.48. The molecular weight excluding hydrogens is 255 g/mol. The van der Waals surface area contributed by atoms with Gasteiger partial charge in [-0.15, -0.1) is 0 Å². The van der Waals surface area contributed by atoms with E-state index in [0.29, 0.717) is 11.9 Å². The van der Waals surface area contributed by atoms with Gasteiger partial charge in [0.25, 0.3) is 0 Å². The average Bonchev–Trinajstić information content (AvgIpc) is 2.52. The van der Waals surface area contributed by atoms with Gasteiger partial charge in [0.2, 0.25) is 0 Å². The normalized spacial score (nSPS) is 13.2. The topological polar surface area (TPSA) is 25.2 Å². The van der Waals surface area contributed by atoms with Crippen molar-refractivity contribution in [3.05, 3.63) is 35.5 Å². The molecule has 1 heterocycles. The Balaban J connectivity index is 2.55. The molecule has 0 saturated heterocycles. The average molecular weight is 271 g/mol. The van der Waals surface area contributed by atoms with E-state index >= 15 is 0 Å². The SMILES string of the molecule is Cn1cc(CC(C)(C)O)c2ccc(C(F)(F)F)cc21. The lowest BCUT2D eigenvalue weighted by Crippen LogP contribution is -2.21. The van der Waals surface area contributed by atoms with Crippen LogP contribution in [0.2, 0.25) is 0 Å². The highest BCUT2D eigenvalue weighted by molar-refractivity contribution is 5.84. The lowest BCUT2D eigenvalue weighted by Gasteiger charge is -2.16. The van der Waals surface area contributed by atoms with E-state index in [1.807, 2.05) is 0 Å². The van der Waals surface area contributed by atoms with Gasteiger partial charge in [-0.1, -0.05) is 6.07 Å². The molecule has 0 amide bonds. The zero-order valence-electron chi connectivity index (χ0n) is 11.0. The van der Waals surface area contributed by atoms with E-state index in [1.165, 1.54) is 6.07 Å². The number of aromatic nitrogens is 1. The molecule has 0 bridgehead atoms. The van der Waals surface area contributed by atoms with Gasteiger partial charge in [0.1, 0.15) is 0 Å². The maximum atomic E-state index is 12.7. The minimum atomic E-state index is -4.34. The van der Waals surface area contributed by atoms with Gasteiger partial charge in [0, 0.05) is 30.6 Å². The molecule has 0 radical (unpaired) electrons. The quantitative estimate of drug-likeness (QED) is 0.888. The van der Waals surface area contributed by atoms with Gasteiger partial charge in [-0.2, -0.15) is 13.2 Å². The predicted octanol–water partition coefficient (Wildman–Crippen LogP) is 3.51. The van der Waals surface area contributed by atoms with E-state index in [9.17, 15) is 18.3 Å². The molecule has 1 aromatic carbocycles. The fourth-order valence-corrected chi connectivity index (χ4v) is 2.25. The van der Waals surface area contributed by atoms with Crippen LogP contribution in [0.5, 0.6) is 0 Å². The van der Waals surface area contributed by atoms with Crippen LogP contribution in [-0.4, -0.2) is 15.3 Å². The van der Waals surface area contributed by atoms with Crippen molar-refractivity contribution in [2.45, 2.75) is 32.0 Å². The van der Waals surface area contributed by atoms with Gasteiger partial charge in [-0.3, -0.25) is 0 Å². The molecule has 0 spiro atoms. The number of fused-ring (bicyclic) bond motifs is 1. The second kappa shape index (κ2) is 4.27. The molecule has 2 rings (SSSR count). The van der Waals surface area contributed by atoms with Crippen LogP contribution in [0.25, 0.3) is 10.9 Å². The first-order valence-corrected chi connectivity index (χ1v) is 5.95. The van der Waals surface area contributed by atoms with Crippen molar-refractivity contribution in [3.8, 4) is 0 Å². The molecule has 0 aliphatic heterocycles. The van der Waals surface area contributed by atoms with Gasteiger partial charge < -0.3 is 9.67 Å². The third-order valence-corrected chi connectivity index (χ3v) is 3.02. The molecule has 1 aromatic heterocycles. The molecule has 104 valence electrons. The van der Waals surface area contributed by atoms with Crippen LogP contribution in [0.3, 0.4) is 0 Å². The smallest absolute Gasteiger partial charge is 0.390 e. The summed E-state index contributed by atoms with van der Waals surface area (Å²) < 4.78 is 39.7. The minimum absolute atomic E-state index is 0.399. The molecule has 2 aromatic rings. The Morgan fingerprint density at radius 3 is 2.37 bits per heavy atom. The predicted molar refractivity (Wildman–Crippen MR) is 67.9 cm³/mol. The molecule has 0 fully saturated rings. The van der Waals surface area contributed by atoms with Crippen LogP contribution >= 0.6 is 0 Å². The largest absolute Gasteiger partial charge is 0.416 e. The summed E-state index contributed by atoms with van der Waals surface area (Å²) in [6.45, 7) is 3.35. The zero-order valence-corrected chi connectivity index (χ0v) is 11.0. The summed E-state index contributed by atoms with van der Waals surface area (Å²) in [5.41, 5.74) is -0.180. The third kappa shape index (κ3) is 2.92. The summed E-state index contributed by atoms with van der Waals surface area (Å²) in [7, 11) is 1.70. The van der Waals surface area contributed by atoms with E-state index in [0.717, 1.165) is 23.1 Å². The summed E-state index contributed by atoms with van der Waals surface area (Å²) in [4.78, 5) is 0. The van der Waals surface area contributed by atoms with Crippen LogP contribution < -0.4 is 0 Å². The van der Waals surface area contributed by atoms with Crippen molar-refractivity contribution in [2.75, 3.05) is 0 Å². The van der Waals surface area contributed by atoms with Gasteiger partial charge in [0.05, 0.1) is 11.2 Å². The van der Waals surface area contributed by atoms with Crippen molar-refractivity contribution < 1.29 is 18.3 Å². The van der Waals surface area contributed by atoms with E-state index < -0.39 is 17.3 Å². The van der Waals surface area contributed by atoms with Crippen LogP contribution in [0.1, 0.15) is 25.0 Å². The van der Waals surface area contributed by atoms with Crippen molar-refractivity contribution in [1.82, 2.24) is 4.57 Å². The van der Waals surface area contributed by atoms with E-state index in [1.54, 1.807) is 31.7 Å². The molecular formula is C14H16F3NO. The number of hydrogen-bond acceptors (Lipinski definition) is 1. The van der Waals surface area contributed by atoms with E-state index in [-0.39, 0.29) is 0 Å². The van der Waals surface area contributed by atoms with Crippen LogP contribution in [0.15, 0.2) is 24.4 Å². The first-order chi connectivity index (χ1) is 8.58. The van der Waals surface area contributed by atoms with Crippen LogP contribution in [0, 0.1) is 0 Å². The van der Waals surface area contributed by atoms with Crippen molar-refractivity contribution >= 4 is 10.9 Å². The number of halogens is 3. The third-order valence-electron chi connectivity index (χ3n) is 3.02. The molecule has 1 N–H and O–H groups in total. The van der Waals surface area contributed by atoms with Gasteiger partial charge in [-0.05, 0) is 31.5 Å². The van der Waals surface area contributed by atoms with E-state index in [2.05, 4.69) is 0 Å². The molecule has 2 nitrogen and oxygen atoms in total. The Labute approximate surface area is 109 Å². The Hall–Kier alpha value is -1.49. The summed E-state index contributed by atoms with van der Waals surface area (Å²) >= 11 is 0. The molecule has 0 aliphatic carbocycles. The molecule has 0 unspecified atom stereocenters. The Morgan fingerprint density at radius 1 is 1.21 bits per heavy atom. The maximum Gasteiger partial charge on any atom is 0.416 e. The van der Waals surface area contributed by atoms with Crippen molar-refractivity contribution in [1.29, 1.82) is 0 Å². The minimum Gasteiger partial charge on any atom is -0.390 e. The highest BCUT2D eigenvalue weighted by Crippen LogP contribution is 2.33. The molecule has 0 saturated carbocycles. The van der Waals surface area contributed by atoms with Gasteiger partial charge >= 0.3 is 6.18 Å². The first kappa shape index (κ1) is 13.9. The molecule has 0 aliphatic rings.